The molecule has 14 heteroatoms. The van der Waals surface area contributed by atoms with Gasteiger partial charge >= 0.3 is 28.5 Å². The Labute approximate surface area is 139 Å². The molecule has 0 aromatic heterocycles. The third-order valence-electron chi connectivity index (χ3n) is 2.77. The average Bonchev–Trinajstić information content (AvgIpc) is 2.89. The number of ether oxygens (including phenoxy) is 1. The van der Waals surface area contributed by atoms with Crippen LogP contribution < -0.4 is 0 Å². The van der Waals surface area contributed by atoms with Crippen LogP contribution in [0.3, 0.4) is 0 Å². The van der Waals surface area contributed by atoms with Gasteiger partial charge in [0.2, 0.25) is 0 Å². The van der Waals surface area contributed by atoms with Crippen LogP contribution in [-0.2, 0) is 4.74 Å². The van der Waals surface area contributed by atoms with Crippen molar-refractivity contribution in [3.8, 4) is 0 Å². The van der Waals surface area contributed by atoms with E-state index in [1.54, 1.807) is 0 Å². The third-order valence-corrected chi connectivity index (χ3v) is 4.27. The van der Waals surface area contributed by atoms with Crippen molar-refractivity contribution < 1.29 is 53.0 Å². The average molecular weight is 463 g/mol. The Balaban J connectivity index is 3.28. The molecule has 142 valence electrons. The summed E-state index contributed by atoms with van der Waals surface area (Å²) >= 11 is 1.36. The fraction of sp³-hybridized carbons (Fsp3) is 0.800. The second-order valence-corrected chi connectivity index (χ2v) is 6.62. The van der Waals surface area contributed by atoms with Crippen molar-refractivity contribution in [3.63, 3.8) is 0 Å². The molecule has 0 aliphatic carbocycles. The van der Waals surface area contributed by atoms with Crippen molar-refractivity contribution in [1.82, 2.24) is 0 Å². The first-order valence-electron chi connectivity index (χ1n) is 5.69. The van der Waals surface area contributed by atoms with Crippen LogP contribution in [0.15, 0.2) is 11.9 Å². The van der Waals surface area contributed by atoms with Gasteiger partial charge in [0.05, 0.1) is 6.61 Å². The third kappa shape index (κ3) is 3.37. The standard InChI is InChI=1S/C10H6BrF11OS/c11-10(21,22)9(19,20)8(17,18)7(15,16)6(13,14)4(12)3-5-23-1-2-24-5/h3,5H,1-2H2/b4-3-. The number of hydrogen-bond donors (Lipinski definition) is 0. The summed E-state index contributed by atoms with van der Waals surface area (Å²) in [6, 6.07) is 0. The maximum Gasteiger partial charge on any atom is 0.388 e. The van der Waals surface area contributed by atoms with E-state index in [9.17, 15) is 48.3 Å². The van der Waals surface area contributed by atoms with Crippen LogP contribution in [0.25, 0.3) is 0 Å². The molecule has 1 heterocycles. The van der Waals surface area contributed by atoms with E-state index in [1.165, 1.54) is 0 Å². The number of thioether (sulfide) groups is 1. The van der Waals surface area contributed by atoms with Crippen LogP contribution >= 0.6 is 27.7 Å². The molecular formula is C10H6BrF11OS. The Morgan fingerprint density at radius 1 is 0.917 bits per heavy atom. The molecule has 1 atom stereocenters. The zero-order valence-electron chi connectivity index (χ0n) is 10.9. The minimum atomic E-state index is -7.30. The van der Waals surface area contributed by atoms with Gasteiger partial charge in [0, 0.05) is 5.75 Å². The normalized spacial score (nSPS) is 22.2. The Morgan fingerprint density at radius 2 is 1.42 bits per heavy atom. The lowest BCUT2D eigenvalue weighted by Crippen LogP contribution is -2.66. The smallest absolute Gasteiger partial charge is 0.362 e. The van der Waals surface area contributed by atoms with Crippen LogP contribution in [-0.4, -0.2) is 46.3 Å². The monoisotopic (exact) mass is 462 g/mol. The van der Waals surface area contributed by atoms with Gasteiger partial charge in [0.25, 0.3) is 0 Å². The van der Waals surface area contributed by atoms with Crippen LogP contribution in [0.1, 0.15) is 0 Å². The lowest BCUT2D eigenvalue weighted by Gasteiger charge is -2.37. The molecule has 0 saturated carbocycles. The lowest BCUT2D eigenvalue weighted by molar-refractivity contribution is -0.382. The topological polar surface area (TPSA) is 9.23 Å². The molecule has 1 saturated heterocycles. The summed E-state index contributed by atoms with van der Waals surface area (Å²) in [5.41, 5.74) is -1.54. The molecule has 1 aliphatic rings. The Hall–Kier alpha value is -0.240. The Bertz CT molecular complexity index is 496. The molecule has 1 unspecified atom stereocenters. The maximum atomic E-state index is 13.3. The highest BCUT2D eigenvalue weighted by Crippen LogP contribution is 2.59. The maximum absolute atomic E-state index is 13.3. The van der Waals surface area contributed by atoms with E-state index in [0.717, 1.165) is 15.9 Å². The molecule has 0 amide bonds. The first kappa shape index (κ1) is 21.8. The summed E-state index contributed by atoms with van der Waals surface area (Å²) in [5.74, 6) is -31.0. The zero-order valence-corrected chi connectivity index (χ0v) is 13.3. The summed E-state index contributed by atoms with van der Waals surface area (Å²) in [7, 11) is 0. The van der Waals surface area contributed by atoms with Crippen molar-refractivity contribution in [1.29, 1.82) is 0 Å². The SMILES string of the molecule is F/C(=C\C1OCCS1)C(F)(F)C(F)(F)C(F)(F)C(F)(F)C(F)(F)Br. The van der Waals surface area contributed by atoms with E-state index < -0.39 is 39.8 Å². The second-order valence-electron chi connectivity index (χ2n) is 4.42. The minimum absolute atomic E-state index is 0.0921. The van der Waals surface area contributed by atoms with Crippen LogP contribution in [0.5, 0.6) is 0 Å². The highest BCUT2D eigenvalue weighted by atomic mass is 79.9. The van der Waals surface area contributed by atoms with Gasteiger partial charge in [-0.1, -0.05) is 0 Å². The number of hydrogen-bond acceptors (Lipinski definition) is 2. The molecule has 1 fully saturated rings. The fourth-order valence-corrected chi connectivity index (χ4v) is 2.50. The minimum Gasteiger partial charge on any atom is -0.362 e. The summed E-state index contributed by atoms with van der Waals surface area (Å²) < 4.78 is 148. The fourth-order valence-electron chi connectivity index (χ4n) is 1.42. The lowest BCUT2D eigenvalue weighted by atomic mass is 9.97. The molecule has 1 nitrogen and oxygen atoms in total. The number of alkyl halides is 11. The molecule has 0 spiro atoms. The van der Waals surface area contributed by atoms with Crippen molar-refractivity contribution >= 4 is 27.7 Å². The first-order chi connectivity index (χ1) is 10.5. The summed E-state index contributed by atoms with van der Waals surface area (Å²) in [6.45, 7) is -0.0921. The van der Waals surface area contributed by atoms with E-state index in [1.807, 2.05) is 0 Å². The van der Waals surface area contributed by atoms with Gasteiger partial charge in [0.1, 0.15) is 5.44 Å². The molecular weight excluding hydrogens is 457 g/mol. The van der Waals surface area contributed by atoms with Gasteiger partial charge in [-0.25, -0.2) is 4.39 Å². The van der Waals surface area contributed by atoms with Gasteiger partial charge in [-0.15, -0.1) is 11.8 Å². The van der Waals surface area contributed by atoms with E-state index >= 15 is 0 Å². The Morgan fingerprint density at radius 3 is 1.79 bits per heavy atom. The van der Waals surface area contributed by atoms with Gasteiger partial charge in [-0.05, 0) is 22.0 Å². The van der Waals surface area contributed by atoms with Gasteiger partial charge in [-0.2, -0.15) is 43.9 Å². The number of allylic oxidation sites excluding steroid dienone is 1. The summed E-state index contributed by atoms with van der Waals surface area (Å²) in [6.07, 6.45) is -0.313. The van der Waals surface area contributed by atoms with Gasteiger partial charge in [0.15, 0.2) is 5.83 Å². The second kappa shape index (κ2) is 6.49. The number of rotatable bonds is 6. The van der Waals surface area contributed by atoms with E-state index in [4.69, 9.17) is 0 Å². The van der Waals surface area contributed by atoms with Crippen molar-refractivity contribution in [2.24, 2.45) is 0 Å². The zero-order chi connectivity index (χ0) is 19.2. The summed E-state index contributed by atoms with van der Waals surface area (Å²) in [5, 5.41) is 0. The van der Waals surface area contributed by atoms with Crippen molar-refractivity contribution in [2.45, 2.75) is 34.0 Å². The van der Waals surface area contributed by atoms with Crippen molar-refractivity contribution in [2.75, 3.05) is 12.4 Å². The van der Waals surface area contributed by atoms with Gasteiger partial charge < -0.3 is 4.74 Å². The van der Waals surface area contributed by atoms with E-state index in [2.05, 4.69) is 4.74 Å². The Kier molecular flexibility index (Phi) is 5.89. The first-order valence-corrected chi connectivity index (χ1v) is 7.53. The van der Waals surface area contributed by atoms with E-state index in [0.29, 0.717) is 11.8 Å². The van der Waals surface area contributed by atoms with Crippen molar-refractivity contribution in [3.05, 3.63) is 11.9 Å². The molecule has 1 rings (SSSR count). The molecule has 0 bridgehead atoms. The molecule has 0 aromatic carbocycles. The summed E-state index contributed by atoms with van der Waals surface area (Å²) in [4.78, 5) is -5.96. The molecule has 1 aliphatic heterocycles. The van der Waals surface area contributed by atoms with E-state index in [-0.39, 0.29) is 18.4 Å². The highest BCUT2D eigenvalue weighted by molar-refractivity contribution is 9.10. The van der Waals surface area contributed by atoms with Crippen LogP contribution in [0.4, 0.5) is 48.3 Å². The quantitative estimate of drug-likeness (QED) is 0.383. The van der Waals surface area contributed by atoms with Crippen LogP contribution in [0, 0.1) is 0 Å². The molecule has 24 heavy (non-hydrogen) atoms. The predicted molar refractivity (Wildman–Crippen MR) is 65.1 cm³/mol. The molecule has 0 radical (unpaired) electrons. The highest BCUT2D eigenvalue weighted by Gasteiger charge is 2.86. The van der Waals surface area contributed by atoms with Crippen LogP contribution in [0.2, 0.25) is 0 Å². The number of halogens is 12. The molecule has 0 N–H and O–H groups in total. The van der Waals surface area contributed by atoms with Gasteiger partial charge in [-0.3, -0.25) is 0 Å². The molecule has 0 aromatic rings. The largest absolute Gasteiger partial charge is 0.388 e. The predicted octanol–water partition coefficient (Wildman–Crippen LogP) is 5.46.